The molecule has 0 saturated carbocycles. The van der Waals surface area contributed by atoms with Crippen LogP contribution in [0.5, 0.6) is 5.75 Å². The zero-order valence-corrected chi connectivity index (χ0v) is 9.05. The van der Waals surface area contributed by atoms with Gasteiger partial charge in [-0.1, -0.05) is 13.8 Å². The topological polar surface area (TPSA) is 22.1 Å². The predicted octanol–water partition coefficient (Wildman–Crippen LogP) is 2.98. The summed E-state index contributed by atoms with van der Waals surface area (Å²) in [5, 5.41) is 0. The van der Waals surface area contributed by atoms with Crippen LogP contribution in [0.15, 0.2) is 16.9 Å². The Morgan fingerprint density at radius 1 is 1.50 bits per heavy atom. The van der Waals surface area contributed by atoms with E-state index in [-0.39, 0.29) is 0 Å². The molecule has 0 atom stereocenters. The number of rotatable bonds is 2. The fourth-order valence-electron chi connectivity index (χ4n) is 0.902. The lowest BCUT2D eigenvalue weighted by Gasteiger charge is -2.07. The third kappa shape index (κ3) is 1.97. The summed E-state index contributed by atoms with van der Waals surface area (Å²) in [7, 11) is 1.64. The van der Waals surface area contributed by atoms with Crippen LogP contribution in [0.1, 0.15) is 25.3 Å². The monoisotopic (exact) mass is 229 g/mol. The summed E-state index contributed by atoms with van der Waals surface area (Å²) in [5.74, 6) is 1.28. The van der Waals surface area contributed by atoms with E-state index in [1.165, 1.54) is 5.56 Å². The summed E-state index contributed by atoms with van der Waals surface area (Å²) < 4.78 is 5.89. The number of ether oxygens (including phenoxy) is 1. The lowest BCUT2D eigenvalue weighted by Crippen LogP contribution is -1.93. The van der Waals surface area contributed by atoms with Crippen LogP contribution in [0, 0.1) is 0 Å². The molecule has 0 radical (unpaired) electrons. The number of aromatic nitrogens is 1. The molecular formula is C9H12BrNO. The molecule has 0 aromatic carbocycles. The number of hydrogen-bond donors (Lipinski definition) is 0. The molecule has 1 rings (SSSR count). The smallest absolute Gasteiger partial charge is 0.151 e. The van der Waals surface area contributed by atoms with E-state index >= 15 is 0 Å². The molecule has 0 bridgehead atoms. The molecule has 0 aliphatic rings. The van der Waals surface area contributed by atoms with Gasteiger partial charge >= 0.3 is 0 Å². The van der Waals surface area contributed by atoms with Gasteiger partial charge in [0.25, 0.3) is 0 Å². The van der Waals surface area contributed by atoms with Crippen LogP contribution in [0.3, 0.4) is 0 Å². The first-order chi connectivity index (χ1) is 5.65. The van der Waals surface area contributed by atoms with Gasteiger partial charge in [-0.3, -0.25) is 0 Å². The molecule has 66 valence electrons. The molecule has 0 aliphatic carbocycles. The van der Waals surface area contributed by atoms with E-state index < -0.39 is 0 Å². The van der Waals surface area contributed by atoms with Crippen molar-refractivity contribution in [3.63, 3.8) is 0 Å². The van der Waals surface area contributed by atoms with Gasteiger partial charge in [0.15, 0.2) is 5.75 Å². The summed E-state index contributed by atoms with van der Waals surface area (Å²) in [5.41, 5.74) is 1.19. The van der Waals surface area contributed by atoms with Gasteiger partial charge in [0, 0.05) is 6.20 Å². The molecular weight excluding hydrogens is 218 g/mol. The second kappa shape index (κ2) is 3.90. The minimum Gasteiger partial charge on any atom is -0.494 e. The molecule has 1 aromatic rings. The number of methoxy groups -OCH3 is 1. The number of hydrogen-bond acceptors (Lipinski definition) is 2. The molecule has 2 nitrogen and oxygen atoms in total. The van der Waals surface area contributed by atoms with Gasteiger partial charge in [-0.25, -0.2) is 4.98 Å². The number of pyridine rings is 1. The van der Waals surface area contributed by atoms with Crippen LogP contribution in [0.2, 0.25) is 0 Å². The lowest BCUT2D eigenvalue weighted by atomic mass is 10.1. The standard InChI is InChI=1S/C9H12BrNO/c1-6(2)7-4-8(12-3)9(10)11-5-7/h4-6H,1-3H3. The molecule has 0 unspecified atom stereocenters. The van der Waals surface area contributed by atoms with Crippen LogP contribution in [-0.2, 0) is 0 Å². The van der Waals surface area contributed by atoms with Gasteiger partial charge in [0.2, 0.25) is 0 Å². The van der Waals surface area contributed by atoms with Gasteiger partial charge < -0.3 is 4.74 Å². The van der Waals surface area contributed by atoms with E-state index in [4.69, 9.17) is 4.74 Å². The minimum atomic E-state index is 0.486. The molecule has 0 N–H and O–H groups in total. The normalized spacial score (nSPS) is 10.4. The average Bonchev–Trinajstić information content (AvgIpc) is 2.05. The molecule has 0 amide bonds. The van der Waals surface area contributed by atoms with Crippen LogP contribution in [0.25, 0.3) is 0 Å². The molecule has 1 heterocycles. The Bertz CT molecular complexity index is 273. The Labute approximate surface area is 81.1 Å². The SMILES string of the molecule is COc1cc(C(C)C)cnc1Br. The van der Waals surface area contributed by atoms with Crippen LogP contribution in [0.4, 0.5) is 0 Å². The second-order valence-electron chi connectivity index (χ2n) is 2.92. The summed E-state index contributed by atoms with van der Waals surface area (Å²) in [6.45, 7) is 4.26. The first-order valence-corrected chi connectivity index (χ1v) is 4.64. The van der Waals surface area contributed by atoms with Crippen molar-refractivity contribution in [2.24, 2.45) is 0 Å². The van der Waals surface area contributed by atoms with Crippen molar-refractivity contribution < 1.29 is 4.74 Å². The van der Waals surface area contributed by atoms with E-state index in [0.717, 1.165) is 10.4 Å². The summed E-state index contributed by atoms with van der Waals surface area (Å²) in [4.78, 5) is 4.16. The van der Waals surface area contributed by atoms with E-state index in [0.29, 0.717) is 5.92 Å². The highest BCUT2D eigenvalue weighted by Gasteiger charge is 2.05. The van der Waals surface area contributed by atoms with Crippen molar-refractivity contribution in [1.82, 2.24) is 4.98 Å². The van der Waals surface area contributed by atoms with Gasteiger partial charge in [0.1, 0.15) is 4.60 Å². The second-order valence-corrected chi connectivity index (χ2v) is 3.67. The van der Waals surface area contributed by atoms with E-state index in [1.807, 2.05) is 12.3 Å². The highest BCUT2D eigenvalue weighted by atomic mass is 79.9. The van der Waals surface area contributed by atoms with Gasteiger partial charge in [-0.15, -0.1) is 0 Å². The third-order valence-electron chi connectivity index (χ3n) is 1.71. The third-order valence-corrected chi connectivity index (χ3v) is 2.31. The molecule has 0 aliphatic heterocycles. The first-order valence-electron chi connectivity index (χ1n) is 3.84. The maximum absolute atomic E-state index is 5.13. The fourth-order valence-corrected chi connectivity index (χ4v) is 1.28. The van der Waals surface area contributed by atoms with Crippen molar-refractivity contribution in [2.45, 2.75) is 19.8 Å². The van der Waals surface area contributed by atoms with E-state index in [9.17, 15) is 0 Å². The first kappa shape index (κ1) is 9.52. The summed E-state index contributed by atoms with van der Waals surface area (Å²) in [6, 6.07) is 2.00. The average molecular weight is 230 g/mol. The van der Waals surface area contributed by atoms with Crippen molar-refractivity contribution in [3.05, 3.63) is 22.4 Å². The number of nitrogens with zero attached hydrogens (tertiary/aromatic N) is 1. The van der Waals surface area contributed by atoms with Gasteiger partial charge in [-0.2, -0.15) is 0 Å². The van der Waals surface area contributed by atoms with Crippen molar-refractivity contribution in [2.75, 3.05) is 7.11 Å². The molecule has 12 heavy (non-hydrogen) atoms. The van der Waals surface area contributed by atoms with Gasteiger partial charge in [0.05, 0.1) is 7.11 Å². The Morgan fingerprint density at radius 3 is 2.67 bits per heavy atom. The van der Waals surface area contributed by atoms with Gasteiger partial charge in [-0.05, 0) is 33.5 Å². The predicted molar refractivity (Wildman–Crippen MR) is 52.6 cm³/mol. The summed E-state index contributed by atoms with van der Waals surface area (Å²) >= 11 is 3.30. The maximum Gasteiger partial charge on any atom is 0.151 e. The lowest BCUT2D eigenvalue weighted by molar-refractivity contribution is 0.409. The fraction of sp³-hybridized carbons (Fsp3) is 0.444. The van der Waals surface area contributed by atoms with Crippen LogP contribution in [-0.4, -0.2) is 12.1 Å². The zero-order valence-electron chi connectivity index (χ0n) is 7.47. The van der Waals surface area contributed by atoms with E-state index in [1.54, 1.807) is 7.11 Å². The molecule has 0 saturated heterocycles. The van der Waals surface area contributed by atoms with Crippen molar-refractivity contribution in [3.8, 4) is 5.75 Å². The zero-order chi connectivity index (χ0) is 9.14. The highest BCUT2D eigenvalue weighted by molar-refractivity contribution is 9.10. The largest absolute Gasteiger partial charge is 0.494 e. The van der Waals surface area contributed by atoms with E-state index in [2.05, 4.69) is 34.8 Å². The minimum absolute atomic E-state index is 0.486. The van der Waals surface area contributed by atoms with Crippen molar-refractivity contribution in [1.29, 1.82) is 0 Å². The van der Waals surface area contributed by atoms with Crippen LogP contribution < -0.4 is 4.74 Å². The highest BCUT2D eigenvalue weighted by Crippen LogP contribution is 2.25. The maximum atomic E-state index is 5.13. The molecule has 0 fully saturated rings. The van der Waals surface area contributed by atoms with Crippen molar-refractivity contribution >= 4 is 15.9 Å². The quantitative estimate of drug-likeness (QED) is 0.728. The molecule has 3 heteroatoms. The Morgan fingerprint density at radius 2 is 2.17 bits per heavy atom. The summed E-state index contributed by atoms with van der Waals surface area (Å²) in [6.07, 6.45) is 1.86. The molecule has 0 spiro atoms. The Hall–Kier alpha value is -0.570. The Kier molecular flexibility index (Phi) is 3.09. The Balaban J connectivity index is 3.05. The van der Waals surface area contributed by atoms with Crippen LogP contribution >= 0.6 is 15.9 Å². The molecule has 1 aromatic heterocycles. The number of halogens is 1.